The highest BCUT2D eigenvalue weighted by Gasteiger charge is 2.47. The summed E-state index contributed by atoms with van der Waals surface area (Å²) in [5, 5.41) is 34.0. The molecule has 15 heteroatoms. The molecule has 7 rings (SSSR count). The molecule has 52 heavy (non-hydrogen) atoms. The summed E-state index contributed by atoms with van der Waals surface area (Å²) in [6.07, 6.45) is 0.214. The van der Waals surface area contributed by atoms with Crippen molar-refractivity contribution in [1.82, 2.24) is 40.5 Å². The number of ether oxygens (including phenoxy) is 1. The molecule has 15 nitrogen and oxygen atoms in total. The van der Waals surface area contributed by atoms with Gasteiger partial charge in [0.15, 0.2) is 29.3 Å². The number of urea groups is 1. The summed E-state index contributed by atoms with van der Waals surface area (Å²) >= 11 is 0. The van der Waals surface area contributed by atoms with Crippen molar-refractivity contribution >= 4 is 34.9 Å². The van der Waals surface area contributed by atoms with E-state index in [-0.39, 0.29) is 18.0 Å². The highest BCUT2D eigenvalue weighted by Crippen LogP contribution is 2.34. The van der Waals surface area contributed by atoms with Crippen LogP contribution in [0.2, 0.25) is 0 Å². The lowest BCUT2D eigenvalue weighted by Gasteiger charge is -2.22. The summed E-state index contributed by atoms with van der Waals surface area (Å²) in [7, 11) is 0. The number of aliphatic hydroxyl groups excluding tert-OH is 2. The summed E-state index contributed by atoms with van der Waals surface area (Å²) in [6, 6.07) is 23.7. The van der Waals surface area contributed by atoms with E-state index in [4.69, 9.17) is 14.7 Å². The van der Waals surface area contributed by atoms with Crippen LogP contribution >= 0.6 is 0 Å². The maximum atomic E-state index is 12.8. The average Bonchev–Trinajstić information content (AvgIpc) is 3.90. The van der Waals surface area contributed by atoms with E-state index in [2.05, 4.69) is 55.5 Å². The first-order chi connectivity index (χ1) is 25.4. The highest BCUT2D eigenvalue weighted by molar-refractivity contribution is 5.85. The second kappa shape index (κ2) is 15.7. The number of carbonyl (C=O) groups is 2. The monoisotopic (exact) mass is 706 g/mol. The van der Waals surface area contributed by atoms with E-state index in [1.807, 2.05) is 53.4 Å². The summed E-state index contributed by atoms with van der Waals surface area (Å²) in [5.74, 6) is 0.321. The Hall–Kier alpha value is -5.64. The number of anilines is 2. The van der Waals surface area contributed by atoms with E-state index < -0.39 is 30.4 Å². The van der Waals surface area contributed by atoms with Crippen molar-refractivity contribution < 1.29 is 24.5 Å². The van der Waals surface area contributed by atoms with E-state index in [1.165, 1.54) is 10.9 Å². The number of imidazole rings is 1. The number of likely N-dealkylation sites (N-methyl/N-ethyl adjacent to an activating group) is 1. The van der Waals surface area contributed by atoms with Gasteiger partial charge in [-0.3, -0.25) is 14.3 Å². The predicted octanol–water partition coefficient (Wildman–Crippen LogP) is 2.30. The first kappa shape index (κ1) is 34.8. The fourth-order valence-corrected chi connectivity index (χ4v) is 6.71. The van der Waals surface area contributed by atoms with Crippen molar-refractivity contribution in [2.45, 2.75) is 56.4 Å². The topological polar surface area (TPSA) is 192 Å². The van der Waals surface area contributed by atoms with Crippen LogP contribution in [0, 0.1) is 0 Å². The van der Waals surface area contributed by atoms with E-state index in [0.717, 1.165) is 16.7 Å². The Morgan fingerprint density at radius 2 is 1.65 bits per heavy atom. The zero-order chi connectivity index (χ0) is 36.0. The van der Waals surface area contributed by atoms with Crippen LogP contribution in [-0.2, 0) is 16.1 Å². The van der Waals surface area contributed by atoms with E-state index >= 15 is 0 Å². The standard InChI is InChI=1S/C37H42N10O5/c1-2-39-34(50)31-29(48)30(49)35(52-31)47-22-42-28-32(40-20-27(24-9-5-3-6-10-24)25-11-7-4-8-12-25)44-36(45-33(28)47)46-18-15-26(21-46)43-37(51)41-19-23-13-16-38-17-14-23/h3-14,16-17,22,26-27,29-31,35,48-49H,2,15,18-21H2,1H3,(H,39,50)(H,40,44,45)(H2,41,43,51)/t26-,29-,30+,31-,35+/m0/s1. The number of rotatable bonds is 12. The Morgan fingerprint density at radius 3 is 2.35 bits per heavy atom. The Kier molecular flexibility index (Phi) is 10.5. The SMILES string of the molecule is CCNC(=O)[C@H]1O[C@@H](n2cnc3c(NCC(c4ccccc4)c4ccccc4)nc(N4CC[C@H](NC(=O)NCc5ccncc5)C4)nc32)[C@H](O)[C@@H]1O. The average molecular weight is 707 g/mol. The number of benzene rings is 2. The zero-order valence-electron chi connectivity index (χ0n) is 28.7. The van der Waals surface area contributed by atoms with Gasteiger partial charge in [0, 0.05) is 57.1 Å². The van der Waals surface area contributed by atoms with Crippen molar-refractivity contribution in [3.8, 4) is 0 Å². The molecule has 0 saturated carbocycles. The molecule has 2 aliphatic rings. The lowest BCUT2D eigenvalue weighted by molar-refractivity contribution is -0.137. The maximum absolute atomic E-state index is 12.8. The molecule has 3 amide bonds. The predicted molar refractivity (Wildman–Crippen MR) is 193 cm³/mol. The smallest absolute Gasteiger partial charge is 0.315 e. The first-order valence-corrected chi connectivity index (χ1v) is 17.5. The Balaban J connectivity index is 1.17. The summed E-state index contributed by atoms with van der Waals surface area (Å²) < 4.78 is 7.48. The van der Waals surface area contributed by atoms with Gasteiger partial charge < -0.3 is 41.1 Å². The first-order valence-electron chi connectivity index (χ1n) is 17.5. The third kappa shape index (κ3) is 7.51. The minimum absolute atomic E-state index is 0.0167. The van der Waals surface area contributed by atoms with Crippen molar-refractivity contribution in [2.24, 2.45) is 0 Å². The molecule has 5 aromatic rings. The van der Waals surface area contributed by atoms with Crippen LogP contribution in [0.1, 0.15) is 42.2 Å². The third-order valence-electron chi connectivity index (χ3n) is 9.42. The number of nitrogens with zero attached hydrogens (tertiary/aromatic N) is 6. The highest BCUT2D eigenvalue weighted by atomic mass is 16.6. The van der Waals surface area contributed by atoms with Crippen LogP contribution < -0.4 is 26.2 Å². The maximum Gasteiger partial charge on any atom is 0.315 e. The molecule has 0 bridgehead atoms. The third-order valence-corrected chi connectivity index (χ3v) is 9.42. The molecule has 270 valence electrons. The molecular formula is C37H42N10O5. The fourth-order valence-electron chi connectivity index (χ4n) is 6.71. The molecule has 0 unspecified atom stereocenters. The quantitative estimate of drug-likeness (QED) is 0.112. The number of amides is 3. The summed E-state index contributed by atoms with van der Waals surface area (Å²) in [4.78, 5) is 45.9. The minimum Gasteiger partial charge on any atom is -0.387 e. The number of aliphatic hydroxyl groups is 2. The molecule has 5 atom stereocenters. The molecule has 0 aliphatic carbocycles. The van der Waals surface area contributed by atoms with E-state index in [9.17, 15) is 19.8 Å². The number of hydrogen-bond acceptors (Lipinski definition) is 11. The summed E-state index contributed by atoms with van der Waals surface area (Å²) in [6.45, 7) is 3.99. The number of carbonyl (C=O) groups excluding carboxylic acids is 2. The molecule has 2 saturated heterocycles. The van der Waals surface area contributed by atoms with Crippen molar-refractivity contribution in [3.63, 3.8) is 0 Å². The Morgan fingerprint density at radius 1 is 0.942 bits per heavy atom. The lowest BCUT2D eigenvalue weighted by atomic mass is 9.91. The van der Waals surface area contributed by atoms with Crippen LogP contribution in [0.15, 0.2) is 91.5 Å². The van der Waals surface area contributed by atoms with Crippen LogP contribution in [0.4, 0.5) is 16.6 Å². The second-order valence-electron chi connectivity index (χ2n) is 12.9. The minimum atomic E-state index is -1.46. The molecule has 2 fully saturated rings. The largest absolute Gasteiger partial charge is 0.387 e. The molecular weight excluding hydrogens is 664 g/mol. The number of hydrogen-bond donors (Lipinski definition) is 6. The number of fused-ring (bicyclic) bond motifs is 1. The van der Waals surface area contributed by atoms with Crippen LogP contribution in [-0.4, -0.2) is 97.2 Å². The zero-order valence-corrected chi connectivity index (χ0v) is 28.7. The van der Waals surface area contributed by atoms with Gasteiger partial charge in [-0.25, -0.2) is 9.78 Å². The van der Waals surface area contributed by atoms with Gasteiger partial charge in [-0.05, 0) is 42.2 Å². The van der Waals surface area contributed by atoms with Gasteiger partial charge in [0.05, 0.1) is 6.33 Å². The molecule has 3 aromatic heterocycles. The van der Waals surface area contributed by atoms with Gasteiger partial charge in [-0.1, -0.05) is 60.7 Å². The van der Waals surface area contributed by atoms with Gasteiger partial charge in [-0.2, -0.15) is 9.97 Å². The Bertz CT molecular complexity index is 1930. The van der Waals surface area contributed by atoms with Crippen molar-refractivity contribution in [1.29, 1.82) is 0 Å². The second-order valence-corrected chi connectivity index (χ2v) is 12.9. The van der Waals surface area contributed by atoms with Gasteiger partial charge in [-0.15, -0.1) is 0 Å². The van der Waals surface area contributed by atoms with Crippen molar-refractivity contribution in [3.05, 3.63) is 108 Å². The molecule has 2 aromatic carbocycles. The van der Waals surface area contributed by atoms with E-state index in [1.54, 1.807) is 19.3 Å². The molecule has 5 heterocycles. The summed E-state index contributed by atoms with van der Waals surface area (Å²) in [5.41, 5.74) is 3.98. The number of aromatic nitrogens is 5. The Labute approximate surface area is 300 Å². The van der Waals surface area contributed by atoms with Gasteiger partial charge in [0.2, 0.25) is 5.95 Å². The molecule has 2 aliphatic heterocycles. The molecule has 0 radical (unpaired) electrons. The normalized spacial score (nSPS) is 21.4. The van der Waals surface area contributed by atoms with Crippen LogP contribution in [0.3, 0.4) is 0 Å². The lowest BCUT2D eigenvalue weighted by Crippen LogP contribution is -2.43. The number of pyridine rings is 1. The van der Waals surface area contributed by atoms with Gasteiger partial charge in [0.25, 0.3) is 5.91 Å². The van der Waals surface area contributed by atoms with Gasteiger partial charge in [0.1, 0.15) is 12.2 Å². The number of nitrogens with one attached hydrogen (secondary N) is 4. The van der Waals surface area contributed by atoms with Crippen LogP contribution in [0.5, 0.6) is 0 Å². The molecule has 6 N–H and O–H groups in total. The van der Waals surface area contributed by atoms with Gasteiger partial charge >= 0.3 is 6.03 Å². The molecule has 0 spiro atoms. The van der Waals surface area contributed by atoms with Crippen molar-refractivity contribution in [2.75, 3.05) is 36.4 Å². The fraction of sp³-hybridized carbons (Fsp3) is 0.351. The van der Waals surface area contributed by atoms with E-state index in [0.29, 0.717) is 62.1 Å². The van der Waals surface area contributed by atoms with Crippen LogP contribution in [0.25, 0.3) is 11.2 Å².